The Morgan fingerprint density at radius 2 is 2.19 bits per heavy atom. The summed E-state index contributed by atoms with van der Waals surface area (Å²) in [5.41, 5.74) is 1.30. The van der Waals surface area contributed by atoms with Crippen LogP contribution < -0.4 is 10.6 Å². The van der Waals surface area contributed by atoms with Gasteiger partial charge in [-0.25, -0.2) is 4.79 Å². The van der Waals surface area contributed by atoms with Crippen molar-refractivity contribution in [3.8, 4) is 0 Å². The highest BCUT2D eigenvalue weighted by Gasteiger charge is 2.39. The van der Waals surface area contributed by atoms with Crippen LogP contribution in [-0.4, -0.2) is 18.6 Å². The summed E-state index contributed by atoms with van der Waals surface area (Å²) < 4.78 is 0. The molecule has 2 rings (SSSR count). The first-order chi connectivity index (χ1) is 7.81. The molecule has 0 heterocycles. The first-order valence-electron chi connectivity index (χ1n) is 5.51. The Morgan fingerprint density at radius 1 is 1.44 bits per heavy atom. The molecule has 2 amide bonds. The van der Waals surface area contributed by atoms with E-state index >= 15 is 0 Å². The maximum atomic E-state index is 11.4. The summed E-state index contributed by atoms with van der Waals surface area (Å²) in [6.45, 7) is 4.06. The van der Waals surface area contributed by atoms with Crippen molar-refractivity contribution in [3.05, 3.63) is 48.6 Å². The standard InChI is InChI=1S/C13H16N2O/c1-2-8-14-13(16)15-12-9-11(12)10-6-4-3-5-7-10/h2-7,11-12H,1,8-9H2,(H2,14,15,16). The fourth-order valence-corrected chi connectivity index (χ4v) is 1.81. The van der Waals surface area contributed by atoms with Gasteiger partial charge in [0.1, 0.15) is 0 Å². The zero-order valence-electron chi connectivity index (χ0n) is 9.15. The van der Waals surface area contributed by atoms with E-state index in [1.54, 1.807) is 6.08 Å². The second-order valence-electron chi connectivity index (χ2n) is 4.00. The lowest BCUT2D eigenvalue weighted by atomic mass is 10.1. The zero-order chi connectivity index (χ0) is 11.4. The van der Waals surface area contributed by atoms with Crippen LogP contribution in [-0.2, 0) is 0 Å². The maximum absolute atomic E-state index is 11.4. The van der Waals surface area contributed by atoms with Gasteiger partial charge >= 0.3 is 6.03 Å². The predicted molar refractivity (Wildman–Crippen MR) is 64.3 cm³/mol. The van der Waals surface area contributed by atoms with Crippen LogP contribution in [0.3, 0.4) is 0 Å². The molecule has 1 aliphatic carbocycles. The molecule has 1 aromatic carbocycles. The minimum absolute atomic E-state index is 0.108. The normalized spacial score (nSPS) is 22.2. The lowest BCUT2D eigenvalue weighted by Gasteiger charge is -2.05. The molecule has 2 unspecified atom stereocenters. The lowest BCUT2D eigenvalue weighted by molar-refractivity contribution is 0.241. The van der Waals surface area contributed by atoms with Crippen molar-refractivity contribution in [2.24, 2.45) is 0 Å². The highest BCUT2D eigenvalue weighted by atomic mass is 16.2. The van der Waals surface area contributed by atoms with Gasteiger partial charge in [-0.3, -0.25) is 0 Å². The molecule has 2 atom stereocenters. The summed E-state index contributed by atoms with van der Waals surface area (Å²) in [5, 5.41) is 5.65. The van der Waals surface area contributed by atoms with Crippen LogP contribution in [0.2, 0.25) is 0 Å². The molecular formula is C13H16N2O. The van der Waals surface area contributed by atoms with Crippen molar-refractivity contribution in [2.75, 3.05) is 6.54 Å². The predicted octanol–water partition coefficient (Wildman–Crippen LogP) is 2.03. The van der Waals surface area contributed by atoms with Crippen LogP contribution in [0.1, 0.15) is 17.9 Å². The number of carbonyl (C=O) groups is 1. The van der Waals surface area contributed by atoms with Crippen LogP contribution in [0.4, 0.5) is 4.79 Å². The average molecular weight is 216 g/mol. The van der Waals surface area contributed by atoms with Gasteiger partial charge in [0.2, 0.25) is 0 Å². The van der Waals surface area contributed by atoms with E-state index < -0.39 is 0 Å². The summed E-state index contributed by atoms with van der Waals surface area (Å²) in [7, 11) is 0. The van der Waals surface area contributed by atoms with Gasteiger partial charge < -0.3 is 10.6 Å². The Labute approximate surface area is 95.6 Å². The number of benzene rings is 1. The lowest BCUT2D eigenvalue weighted by Crippen LogP contribution is -2.37. The second kappa shape index (κ2) is 4.84. The van der Waals surface area contributed by atoms with Gasteiger partial charge in [-0.15, -0.1) is 6.58 Å². The number of amides is 2. The zero-order valence-corrected chi connectivity index (χ0v) is 9.15. The molecule has 0 saturated heterocycles. The fraction of sp³-hybridized carbons (Fsp3) is 0.308. The van der Waals surface area contributed by atoms with Gasteiger partial charge in [-0.2, -0.15) is 0 Å². The van der Waals surface area contributed by atoms with Crippen molar-refractivity contribution >= 4 is 6.03 Å². The van der Waals surface area contributed by atoms with E-state index in [-0.39, 0.29) is 12.1 Å². The highest BCUT2D eigenvalue weighted by molar-refractivity contribution is 5.75. The molecule has 16 heavy (non-hydrogen) atoms. The molecular weight excluding hydrogens is 200 g/mol. The summed E-state index contributed by atoms with van der Waals surface area (Å²) in [6.07, 6.45) is 2.70. The van der Waals surface area contributed by atoms with Crippen molar-refractivity contribution in [1.29, 1.82) is 0 Å². The number of rotatable bonds is 4. The third-order valence-corrected chi connectivity index (χ3v) is 2.74. The van der Waals surface area contributed by atoms with Gasteiger partial charge in [-0.1, -0.05) is 36.4 Å². The minimum atomic E-state index is -0.108. The Balaban J connectivity index is 1.79. The molecule has 0 spiro atoms. The number of hydrogen-bond donors (Lipinski definition) is 2. The number of hydrogen-bond acceptors (Lipinski definition) is 1. The number of urea groups is 1. The molecule has 1 saturated carbocycles. The van der Waals surface area contributed by atoms with Crippen LogP contribution in [0, 0.1) is 0 Å². The van der Waals surface area contributed by atoms with Gasteiger partial charge in [0.25, 0.3) is 0 Å². The van der Waals surface area contributed by atoms with Crippen LogP contribution in [0.15, 0.2) is 43.0 Å². The summed E-state index contributed by atoms with van der Waals surface area (Å²) in [4.78, 5) is 11.4. The summed E-state index contributed by atoms with van der Waals surface area (Å²) in [5.74, 6) is 0.482. The van der Waals surface area contributed by atoms with E-state index in [0.717, 1.165) is 6.42 Å². The SMILES string of the molecule is C=CCNC(=O)NC1CC1c1ccccc1. The molecule has 3 nitrogen and oxygen atoms in total. The third-order valence-electron chi connectivity index (χ3n) is 2.74. The maximum Gasteiger partial charge on any atom is 0.315 e. The molecule has 1 aromatic rings. The minimum Gasteiger partial charge on any atom is -0.335 e. The van der Waals surface area contributed by atoms with E-state index in [9.17, 15) is 4.79 Å². The average Bonchev–Trinajstić information content (AvgIpc) is 3.07. The number of carbonyl (C=O) groups excluding carboxylic acids is 1. The van der Waals surface area contributed by atoms with Crippen LogP contribution in [0.25, 0.3) is 0 Å². The van der Waals surface area contributed by atoms with Gasteiger partial charge in [0, 0.05) is 18.5 Å². The quantitative estimate of drug-likeness (QED) is 0.743. The molecule has 0 radical (unpaired) electrons. The Morgan fingerprint density at radius 3 is 2.88 bits per heavy atom. The van der Waals surface area contributed by atoms with E-state index in [1.165, 1.54) is 5.56 Å². The molecule has 1 fully saturated rings. The smallest absolute Gasteiger partial charge is 0.315 e. The largest absolute Gasteiger partial charge is 0.335 e. The summed E-state index contributed by atoms with van der Waals surface area (Å²) in [6, 6.07) is 10.5. The molecule has 2 N–H and O–H groups in total. The van der Waals surface area contributed by atoms with E-state index in [0.29, 0.717) is 12.5 Å². The van der Waals surface area contributed by atoms with Crippen molar-refractivity contribution in [2.45, 2.75) is 18.4 Å². The van der Waals surface area contributed by atoms with E-state index in [2.05, 4.69) is 29.3 Å². The number of nitrogens with one attached hydrogen (secondary N) is 2. The molecule has 0 bridgehead atoms. The van der Waals surface area contributed by atoms with Crippen molar-refractivity contribution in [3.63, 3.8) is 0 Å². The van der Waals surface area contributed by atoms with E-state index in [1.807, 2.05) is 18.2 Å². The fourth-order valence-electron chi connectivity index (χ4n) is 1.81. The van der Waals surface area contributed by atoms with Crippen LogP contribution in [0.5, 0.6) is 0 Å². The highest BCUT2D eigenvalue weighted by Crippen LogP contribution is 2.40. The monoisotopic (exact) mass is 216 g/mol. The topological polar surface area (TPSA) is 41.1 Å². The first-order valence-corrected chi connectivity index (χ1v) is 5.51. The van der Waals surface area contributed by atoms with E-state index in [4.69, 9.17) is 0 Å². The van der Waals surface area contributed by atoms with Crippen molar-refractivity contribution < 1.29 is 4.79 Å². The van der Waals surface area contributed by atoms with Gasteiger partial charge in [-0.05, 0) is 12.0 Å². The van der Waals surface area contributed by atoms with Crippen molar-refractivity contribution in [1.82, 2.24) is 10.6 Å². The Bertz CT molecular complexity index is 375. The first kappa shape index (κ1) is 10.7. The van der Waals surface area contributed by atoms with Crippen LogP contribution >= 0.6 is 0 Å². The third kappa shape index (κ3) is 2.63. The Kier molecular flexibility index (Phi) is 3.25. The van der Waals surface area contributed by atoms with Gasteiger partial charge in [0.05, 0.1) is 0 Å². The second-order valence-corrected chi connectivity index (χ2v) is 4.00. The molecule has 3 heteroatoms. The van der Waals surface area contributed by atoms with Gasteiger partial charge in [0.15, 0.2) is 0 Å². The molecule has 84 valence electrons. The molecule has 1 aliphatic rings. The molecule has 0 aliphatic heterocycles. The molecule has 0 aromatic heterocycles. The summed E-state index contributed by atoms with van der Waals surface area (Å²) >= 11 is 0. The Hall–Kier alpha value is -1.77.